The van der Waals surface area contributed by atoms with Gasteiger partial charge in [-0.3, -0.25) is 9.59 Å². The Balaban J connectivity index is 1.56. The van der Waals surface area contributed by atoms with Gasteiger partial charge in [-0.05, 0) is 47.5 Å². The van der Waals surface area contributed by atoms with Crippen molar-refractivity contribution in [1.29, 1.82) is 0 Å². The Labute approximate surface area is 232 Å². The Kier molecular flexibility index (Phi) is 10.8. The van der Waals surface area contributed by atoms with Gasteiger partial charge < -0.3 is 34.1 Å². The molecule has 2 aromatic carbocycles. The number of hydrogen-bond acceptors (Lipinski definition) is 9. The third-order valence-corrected chi connectivity index (χ3v) is 5.78. The van der Waals surface area contributed by atoms with Crippen LogP contribution in [0, 0.1) is 0 Å². The first-order valence-corrected chi connectivity index (χ1v) is 12.5. The average molecular weight is 552 g/mol. The molecule has 1 fully saturated rings. The van der Waals surface area contributed by atoms with Gasteiger partial charge in [0.1, 0.15) is 0 Å². The summed E-state index contributed by atoms with van der Waals surface area (Å²) in [5, 5.41) is 3.17. The van der Waals surface area contributed by atoms with Crippen LogP contribution in [0.25, 0.3) is 12.2 Å². The lowest BCUT2D eigenvalue weighted by Gasteiger charge is -2.26. The highest BCUT2D eigenvalue weighted by Crippen LogP contribution is 2.30. The molecule has 1 aliphatic heterocycles. The first-order chi connectivity index (χ1) is 19.2. The van der Waals surface area contributed by atoms with Crippen molar-refractivity contribution in [1.82, 2.24) is 15.1 Å². The fourth-order valence-corrected chi connectivity index (χ4v) is 3.60. The van der Waals surface area contributed by atoms with Crippen LogP contribution >= 0.6 is 0 Å². The molecule has 11 nitrogen and oxygen atoms in total. The number of methoxy groups -OCH3 is 2. The Morgan fingerprint density at radius 3 is 1.77 bits per heavy atom. The molecule has 212 valence electrons. The minimum absolute atomic E-state index is 0.243. The van der Waals surface area contributed by atoms with Gasteiger partial charge in [0.05, 0.1) is 20.6 Å². The Bertz CT molecular complexity index is 1300. The topological polar surface area (TPSA) is 124 Å². The maximum Gasteiger partial charge on any atom is 0.415 e. The predicted molar refractivity (Wildman–Crippen MR) is 149 cm³/mol. The summed E-state index contributed by atoms with van der Waals surface area (Å²) in [5.41, 5.74) is 1.26. The maximum absolute atomic E-state index is 12.4. The van der Waals surface area contributed by atoms with Gasteiger partial charge in [0.2, 0.25) is 0 Å². The highest BCUT2D eigenvalue weighted by atomic mass is 16.6. The summed E-state index contributed by atoms with van der Waals surface area (Å²) in [5.74, 6) is 0.414. The summed E-state index contributed by atoms with van der Waals surface area (Å²) >= 11 is 0. The Morgan fingerprint density at radius 1 is 0.800 bits per heavy atom. The molecule has 40 heavy (non-hydrogen) atoms. The van der Waals surface area contributed by atoms with E-state index >= 15 is 0 Å². The van der Waals surface area contributed by atoms with E-state index in [0.717, 1.165) is 0 Å². The average Bonchev–Trinajstić information content (AvgIpc) is 2.96. The summed E-state index contributed by atoms with van der Waals surface area (Å²) in [7, 11) is 6.03. The molecule has 0 bridgehead atoms. The molecular weight excluding hydrogens is 518 g/mol. The zero-order valence-electron chi connectivity index (χ0n) is 23.0. The molecule has 0 aromatic heterocycles. The van der Waals surface area contributed by atoms with Crippen molar-refractivity contribution in [2.75, 3.05) is 54.5 Å². The first-order valence-electron chi connectivity index (χ1n) is 12.5. The van der Waals surface area contributed by atoms with Crippen molar-refractivity contribution in [3.8, 4) is 23.0 Å². The van der Waals surface area contributed by atoms with E-state index in [0.29, 0.717) is 48.8 Å². The minimum atomic E-state index is -0.549. The number of benzene rings is 2. The SMILES string of the molecule is COc1cc(/C=C/C(=O)CC(=O)/C=C/c2ccc(OC(=O)N3CCNCC3)c(OC)c2)ccc1OC(=O)N(C)C. The number of amides is 2. The molecule has 0 aliphatic carbocycles. The van der Waals surface area contributed by atoms with Gasteiger partial charge >= 0.3 is 12.2 Å². The smallest absolute Gasteiger partial charge is 0.415 e. The number of rotatable bonds is 10. The number of carbonyl (C=O) groups is 4. The van der Waals surface area contributed by atoms with Gasteiger partial charge in [-0.1, -0.05) is 24.3 Å². The van der Waals surface area contributed by atoms with Crippen LogP contribution in [0.5, 0.6) is 23.0 Å². The minimum Gasteiger partial charge on any atom is -0.493 e. The highest BCUT2D eigenvalue weighted by molar-refractivity contribution is 6.10. The van der Waals surface area contributed by atoms with E-state index in [2.05, 4.69) is 5.32 Å². The van der Waals surface area contributed by atoms with Crippen LogP contribution in [-0.2, 0) is 9.59 Å². The summed E-state index contributed by atoms with van der Waals surface area (Å²) in [6.07, 6.45) is 4.40. The molecule has 2 aromatic rings. The van der Waals surface area contributed by atoms with Crippen LogP contribution < -0.4 is 24.3 Å². The van der Waals surface area contributed by atoms with E-state index < -0.39 is 12.2 Å². The van der Waals surface area contributed by atoms with Crippen molar-refractivity contribution >= 4 is 35.9 Å². The van der Waals surface area contributed by atoms with E-state index in [9.17, 15) is 19.2 Å². The molecule has 1 heterocycles. The standard InChI is InChI=1S/C29H33N3O8/c1-31(2)28(35)39-24-11-7-20(17-26(24)37-3)5-9-22(33)19-23(34)10-6-21-8-12-25(27(18-21)38-4)40-29(36)32-15-13-30-14-16-32/h5-12,17-18,30H,13-16,19H2,1-4H3/b9-5+,10-6+. The molecule has 2 amide bonds. The number of piperazine rings is 1. The number of nitrogens with zero attached hydrogens (tertiary/aromatic N) is 2. The normalized spacial score (nSPS) is 13.2. The summed E-state index contributed by atoms with van der Waals surface area (Å²) in [4.78, 5) is 51.8. The van der Waals surface area contributed by atoms with Crippen LogP contribution in [0.1, 0.15) is 17.5 Å². The van der Waals surface area contributed by atoms with Crippen LogP contribution in [0.15, 0.2) is 48.6 Å². The summed E-state index contributed by atoms with van der Waals surface area (Å²) in [6.45, 7) is 2.54. The molecule has 1 N–H and O–H groups in total. The fraction of sp³-hybridized carbons (Fsp3) is 0.310. The zero-order valence-corrected chi connectivity index (χ0v) is 23.0. The van der Waals surface area contributed by atoms with Gasteiger partial charge in [0.15, 0.2) is 34.6 Å². The predicted octanol–water partition coefficient (Wildman–Crippen LogP) is 3.42. The van der Waals surface area contributed by atoms with Crippen molar-refractivity contribution in [2.24, 2.45) is 0 Å². The first kappa shape index (κ1) is 29.9. The van der Waals surface area contributed by atoms with Crippen LogP contribution in [-0.4, -0.2) is 88.0 Å². The van der Waals surface area contributed by atoms with Gasteiger partial charge in [0, 0.05) is 40.3 Å². The molecule has 1 saturated heterocycles. The number of nitrogens with one attached hydrogen (secondary N) is 1. The second kappa shape index (κ2) is 14.5. The van der Waals surface area contributed by atoms with Crippen LogP contribution in [0.3, 0.4) is 0 Å². The van der Waals surface area contributed by atoms with Gasteiger partial charge in [0.25, 0.3) is 0 Å². The number of hydrogen-bond donors (Lipinski definition) is 1. The second-order valence-corrected chi connectivity index (χ2v) is 8.96. The fourth-order valence-electron chi connectivity index (χ4n) is 3.60. The van der Waals surface area contributed by atoms with E-state index in [1.807, 2.05) is 0 Å². The monoisotopic (exact) mass is 551 g/mol. The lowest BCUT2D eigenvalue weighted by atomic mass is 10.1. The Hall–Kier alpha value is -4.64. The molecular formula is C29H33N3O8. The number of allylic oxidation sites excluding steroid dienone is 2. The van der Waals surface area contributed by atoms with Crippen molar-refractivity contribution in [2.45, 2.75) is 6.42 Å². The third-order valence-electron chi connectivity index (χ3n) is 5.78. The van der Waals surface area contributed by atoms with Gasteiger partial charge in [-0.2, -0.15) is 0 Å². The Morgan fingerprint density at radius 2 is 1.30 bits per heavy atom. The summed E-state index contributed by atoms with van der Waals surface area (Å²) in [6, 6.07) is 9.74. The molecule has 3 rings (SSSR count). The second-order valence-electron chi connectivity index (χ2n) is 8.96. The largest absolute Gasteiger partial charge is 0.493 e. The molecule has 0 spiro atoms. The summed E-state index contributed by atoms with van der Waals surface area (Å²) < 4.78 is 21.3. The third kappa shape index (κ3) is 8.70. The molecule has 0 radical (unpaired) electrons. The molecule has 1 aliphatic rings. The van der Waals surface area contributed by atoms with E-state index in [1.165, 1.54) is 31.3 Å². The van der Waals surface area contributed by atoms with Gasteiger partial charge in [-0.15, -0.1) is 0 Å². The highest BCUT2D eigenvalue weighted by Gasteiger charge is 2.20. The van der Waals surface area contributed by atoms with Crippen molar-refractivity contribution in [3.05, 3.63) is 59.7 Å². The number of ketones is 2. The van der Waals surface area contributed by atoms with Crippen molar-refractivity contribution in [3.63, 3.8) is 0 Å². The lowest BCUT2D eigenvalue weighted by molar-refractivity contribution is -0.121. The number of carbonyl (C=O) groups excluding carboxylic acids is 4. The van der Waals surface area contributed by atoms with E-state index in [1.54, 1.807) is 67.5 Å². The molecule has 11 heteroatoms. The van der Waals surface area contributed by atoms with E-state index in [-0.39, 0.29) is 29.5 Å². The molecule has 0 atom stereocenters. The van der Waals surface area contributed by atoms with Crippen LogP contribution in [0.2, 0.25) is 0 Å². The van der Waals surface area contributed by atoms with Gasteiger partial charge in [-0.25, -0.2) is 9.59 Å². The lowest BCUT2D eigenvalue weighted by Crippen LogP contribution is -2.47. The van der Waals surface area contributed by atoms with E-state index in [4.69, 9.17) is 18.9 Å². The van der Waals surface area contributed by atoms with Crippen LogP contribution in [0.4, 0.5) is 9.59 Å². The molecule has 0 unspecified atom stereocenters. The zero-order chi connectivity index (χ0) is 29.1. The number of ether oxygens (including phenoxy) is 4. The molecule has 0 saturated carbocycles. The quantitative estimate of drug-likeness (QED) is 0.349. The van der Waals surface area contributed by atoms with Crippen molar-refractivity contribution < 1.29 is 38.1 Å². The maximum atomic E-state index is 12.4.